The number of aliphatic hydroxyl groups excluding tert-OH is 1. The second kappa shape index (κ2) is 23.0. The van der Waals surface area contributed by atoms with Crippen molar-refractivity contribution in [2.45, 2.75) is 84.0 Å². The van der Waals surface area contributed by atoms with Crippen LogP contribution in [0.15, 0.2) is 0 Å². The summed E-state index contributed by atoms with van der Waals surface area (Å²) in [6.45, 7) is 4.27. The smallest absolute Gasteiger partial charge is 0.0431 e. The third-order valence-corrected chi connectivity index (χ3v) is 3.17. The first kappa shape index (κ1) is 21.2. The van der Waals surface area contributed by atoms with Crippen molar-refractivity contribution < 1.29 is 5.11 Å². The third-order valence-electron chi connectivity index (χ3n) is 3.17. The average Bonchev–Trinajstić information content (AvgIpc) is 2.43. The van der Waals surface area contributed by atoms with E-state index in [1.165, 1.54) is 70.6 Å². The normalized spacial score (nSPS) is 10.1. The van der Waals surface area contributed by atoms with Crippen LogP contribution in [-0.2, 0) is 0 Å². The van der Waals surface area contributed by atoms with Crippen molar-refractivity contribution in [2.75, 3.05) is 19.7 Å². The molecule has 0 unspecified atom stereocenters. The largest absolute Gasteiger partial charge is 0.396 e. The predicted molar refractivity (Wildman–Crippen MR) is 86.3 cm³/mol. The zero-order chi connectivity index (χ0) is 14.6. The standard InChI is InChI=1S/C8H20N2.C8H18O/c9-7-5-3-1-2-4-6-8-10;1-2-3-4-5-6-7-8-9/h1-10H2;9H,2-8H2,1H3. The Kier molecular flexibility index (Phi) is 25.7. The lowest BCUT2D eigenvalue weighted by molar-refractivity contribution is 0.282. The zero-order valence-corrected chi connectivity index (χ0v) is 13.2. The van der Waals surface area contributed by atoms with Crippen LogP contribution in [0.3, 0.4) is 0 Å². The number of hydrogen-bond donors (Lipinski definition) is 3. The maximum atomic E-state index is 8.42. The molecule has 0 amide bonds. The number of unbranched alkanes of at least 4 members (excludes halogenated alkanes) is 10. The lowest BCUT2D eigenvalue weighted by Gasteiger charge is -1.97. The SMILES string of the molecule is CCCCCCCCO.NCCCCCCCCN. The van der Waals surface area contributed by atoms with Crippen LogP contribution < -0.4 is 11.5 Å². The van der Waals surface area contributed by atoms with Gasteiger partial charge < -0.3 is 16.6 Å². The highest BCUT2D eigenvalue weighted by atomic mass is 16.2. The highest BCUT2D eigenvalue weighted by Crippen LogP contribution is 2.04. The molecule has 0 aromatic carbocycles. The van der Waals surface area contributed by atoms with Gasteiger partial charge in [-0.05, 0) is 32.4 Å². The molecule has 0 spiro atoms. The van der Waals surface area contributed by atoms with Crippen LogP contribution in [0.4, 0.5) is 0 Å². The Labute approximate surface area is 121 Å². The Bertz CT molecular complexity index is 118. The molecular weight excluding hydrogens is 236 g/mol. The minimum atomic E-state index is 0.367. The Hall–Kier alpha value is -0.120. The van der Waals surface area contributed by atoms with Gasteiger partial charge in [-0.15, -0.1) is 0 Å². The summed E-state index contributed by atoms with van der Waals surface area (Å²) in [4.78, 5) is 0. The van der Waals surface area contributed by atoms with Crippen LogP contribution in [0.5, 0.6) is 0 Å². The van der Waals surface area contributed by atoms with Crippen LogP contribution in [0.25, 0.3) is 0 Å². The minimum absolute atomic E-state index is 0.367. The molecule has 0 radical (unpaired) electrons. The second-order valence-corrected chi connectivity index (χ2v) is 5.19. The van der Waals surface area contributed by atoms with Gasteiger partial charge in [0.2, 0.25) is 0 Å². The summed E-state index contributed by atoms with van der Waals surface area (Å²) in [6, 6.07) is 0. The van der Waals surface area contributed by atoms with Gasteiger partial charge in [0.05, 0.1) is 0 Å². The van der Waals surface area contributed by atoms with Gasteiger partial charge in [0.15, 0.2) is 0 Å². The van der Waals surface area contributed by atoms with Crippen molar-refractivity contribution >= 4 is 0 Å². The highest BCUT2D eigenvalue weighted by molar-refractivity contribution is 4.45. The van der Waals surface area contributed by atoms with Crippen LogP contribution in [-0.4, -0.2) is 24.8 Å². The molecule has 118 valence electrons. The van der Waals surface area contributed by atoms with E-state index in [0.717, 1.165) is 19.5 Å². The van der Waals surface area contributed by atoms with E-state index in [2.05, 4.69) is 6.92 Å². The first-order valence-corrected chi connectivity index (χ1v) is 8.34. The van der Waals surface area contributed by atoms with Gasteiger partial charge in [-0.25, -0.2) is 0 Å². The summed E-state index contributed by atoms with van der Waals surface area (Å²) in [7, 11) is 0. The van der Waals surface area contributed by atoms with Gasteiger partial charge in [0.1, 0.15) is 0 Å². The van der Waals surface area contributed by atoms with Crippen molar-refractivity contribution in [3.05, 3.63) is 0 Å². The molecule has 0 aliphatic carbocycles. The van der Waals surface area contributed by atoms with Gasteiger partial charge in [0.25, 0.3) is 0 Å². The third kappa shape index (κ3) is 27.2. The van der Waals surface area contributed by atoms with Gasteiger partial charge in [0, 0.05) is 6.61 Å². The Morgan fingerprint density at radius 1 is 0.579 bits per heavy atom. The first-order valence-electron chi connectivity index (χ1n) is 8.34. The number of nitrogens with two attached hydrogens (primary N) is 2. The van der Waals surface area contributed by atoms with E-state index in [-0.39, 0.29) is 0 Å². The summed E-state index contributed by atoms with van der Waals surface area (Å²) in [5.74, 6) is 0. The summed E-state index contributed by atoms with van der Waals surface area (Å²) in [5.41, 5.74) is 10.7. The molecule has 3 heteroatoms. The first-order chi connectivity index (χ1) is 9.33. The molecule has 0 saturated carbocycles. The van der Waals surface area contributed by atoms with Gasteiger partial charge >= 0.3 is 0 Å². The highest BCUT2D eigenvalue weighted by Gasteiger charge is 1.88. The van der Waals surface area contributed by atoms with Crippen LogP contribution in [0, 0.1) is 0 Å². The van der Waals surface area contributed by atoms with Crippen LogP contribution in [0.1, 0.15) is 84.0 Å². The predicted octanol–water partition coefficient (Wildman–Crippen LogP) is 3.58. The molecule has 0 heterocycles. The van der Waals surface area contributed by atoms with E-state index in [1.54, 1.807) is 0 Å². The molecule has 0 saturated heterocycles. The quantitative estimate of drug-likeness (QED) is 0.449. The fourth-order valence-electron chi connectivity index (χ4n) is 1.89. The van der Waals surface area contributed by atoms with Crippen molar-refractivity contribution in [3.63, 3.8) is 0 Å². The maximum absolute atomic E-state index is 8.42. The maximum Gasteiger partial charge on any atom is 0.0431 e. The van der Waals surface area contributed by atoms with Crippen LogP contribution in [0.2, 0.25) is 0 Å². The molecule has 5 N–H and O–H groups in total. The zero-order valence-electron chi connectivity index (χ0n) is 13.2. The molecular formula is C16H38N2O. The van der Waals surface area contributed by atoms with E-state index in [9.17, 15) is 0 Å². The van der Waals surface area contributed by atoms with Crippen molar-refractivity contribution in [1.82, 2.24) is 0 Å². The molecule has 0 fully saturated rings. The van der Waals surface area contributed by atoms with Gasteiger partial charge in [-0.3, -0.25) is 0 Å². The summed E-state index contributed by atoms with van der Waals surface area (Å²) >= 11 is 0. The summed E-state index contributed by atoms with van der Waals surface area (Å²) < 4.78 is 0. The minimum Gasteiger partial charge on any atom is -0.396 e. The topological polar surface area (TPSA) is 72.3 Å². The molecule has 0 atom stereocenters. The van der Waals surface area contributed by atoms with Crippen molar-refractivity contribution in [1.29, 1.82) is 0 Å². The van der Waals surface area contributed by atoms with Crippen LogP contribution >= 0.6 is 0 Å². The summed E-state index contributed by atoms with van der Waals surface area (Å²) in [6.07, 6.45) is 15.1. The lowest BCUT2D eigenvalue weighted by atomic mass is 10.1. The summed E-state index contributed by atoms with van der Waals surface area (Å²) in [5, 5.41) is 8.42. The average molecular weight is 274 g/mol. The second-order valence-electron chi connectivity index (χ2n) is 5.19. The van der Waals surface area contributed by atoms with Gasteiger partial charge in [-0.2, -0.15) is 0 Å². The molecule has 0 aliphatic heterocycles. The fraction of sp³-hybridized carbons (Fsp3) is 1.00. The Balaban J connectivity index is 0. The molecule has 0 rings (SSSR count). The lowest BCUT2D eigenvalue weighted by Crippen LogP contribution is -1.99. The number of aliphatic hydroxyl groups is 1. The monoisotopic (exact) mass is 274 g/mol. The molecule has 0 aromatic rings. The van der Waals surface area contributed by atoms with Crippen molar-refractivity contribution in [2.24, 2.45) is 11.5 Å². The fourth-order valence-corrected chi connectivity index (χ4v) is 1.89. The number of rotatable bonds is 13. The molecule has 0 aromatic heterocycles. The Morgan fingerprint density at radius 2 is 0.947 bits per heavy atom. The molecule has 19 heavy (non-hydrogen) atoms. The van der Waals surface area contributed by atoms with Crippen molar-refractivity contribution in [3.8, 4) is 0 Å². The number of hydrogen-bond acceptors (Lipinski definition) is 3. The van der Waals surface area contributed by atoms with E-state index < -0.39 is 0 Å². The molecule has 0 bridgehead atoms. The molecule has 3 nitrogen and oxygen atoms in total. The van der Waals surface area contributed by atoms with Gasteiger partial charge in [-0.1, -0.05) is 64.7 Å². The van der Waals surface area contributed by atoms with E-state index in [0.29, 0.717) is 6.61 Å². The Morgan fingerprint density at radius 3 is 1.32 bits per heavy atom. The van der Waals surface area contributed by atoms with E-state index in [1.807, 2.05) is 0 Å². The molecule has 0 aliphatic rings. The van der Waals surface area contributed by atoms with E-state index >= 15 is 0 Å². The van der Waals surface area contributed by atoms with E-state index in [4.69, 9.17) is 16.6 Å².